The lowest BCUT2D eigenvalue weighted by atomic mass is 9.78. The fourth-order valence-corrected chi connectivity index (χ4v) is 4.61. The van der Waals surface area contributed by atoms with Crippen LogP contribution in [-0.4, -0.2) is 35.7 Å². The summed E-state index contributed by atoms with van der Waals surface area (Å²) in [5, 5.41) is 19.0. The fourth-order valence-electron chi connectivity index (χ4n) is 4.61. The minimum Gasteiger partial charge on any atom is -0.475 e. The lowest BCUT2D eigenvalue weighted by Crippen LogP contribution is -2.36. The molecule has 1 aliphatic heterocycles. The van der Waals surface area contributed by atoms with Crippen molar-refractivity contribution in [2.75, 3.05) is 13.2 Å². The first kappa shape index (κ1) is 19.7. The van der Waals surface area contributed by atoms with Gasteiger partial charge in [-0.2, -0.15) is 0 Å². The minimum absolute atomic E-state index is 0.0678. The lowest BCUT2D eigenvalue weighted by Gasteiger charge is -2.37. The number of allylic oxidation sites excluding steroid dienone is 1. The number of aliphatic hydroxyl groups excluding tert-OH is 1. The molecule has 0 radical (unpaired) electrons. The highest BCUT2D eigenvalue weighted by molar-refractivity contribution is 5.85. The summed E-state index contributed by atoms with van der Waals surface area (Å²) in [4.78, 5) is 11.7. The van der Waals surface area contributed by atoms with E-state index in [1.807, 2.05) is 19.1 Å². The Labute approximate surface area is 170 Å². The van der Waals surface area contributed by atoms with Crippen LogP contribution in [0.15, 0.2) is 54.3 Å². The van der Waals surface area contributed by atoms with Gasteiger partial charge in [-0.05, 0) is 60.1 Å². The van der Waals surface area contributed by atoms with Crippen LogP contribution < -0.4 is 0 Å². The van der Waals surface area contributed by atoms with Crippen molar-refractivity contribution < 1.29 is 24.5 Å². The van der Waals surface area contributed by atoms with E-state index in [0.29, 0.717) is 19.4 Å². The molecule has 3 unspecified atom stereocenters. The number of ether oxygens (including phenoxy) is 2. The van der Waals surface area contributed by atoms with E-state index >= 15 is 0 Å². The third-order valence-corrected chi connectivity index (χ3v) is 5.87. The number of benzene rings is 2. The Morgan fingerprint density at radius 3 is 2.72 bits per heavy atom. The first-order chi connectivity index (χ1) is 14.1. The molecule has 0 amide bonds. The number of carboxylic acid groups (broad SMARTS) is 1. The molecule has 0 aromatic heterocycles. The molecule has 2 aliphatic rings. The first-order valence-corrected chi connectivity index (χ1v) is 10.2. The Morgan fingerprint density at radius 1 is 1.17 bits per heavy atom. The fraction of sp³-hybridized carbons (Fsp3) is 0.375. The normalized spacial score (nSPS) is 22.4. The molecular weight excluding hydrogens is 368 g/mol. The van der Waals surface area contributed by atoms with Crippen molar-refractivity contribution in [3.05, 3.63) is 71.0 Å². The van der Waals surface area contributed by atoms with Gasteiger partial charge in [0, 0.05) is 25.0 Å². The monoisotopic (exact) mass is 394 g/mol. The van der Waals surface area contributed by atoms with Crippen LogP contribution in [0.3, 0.4) is 0 Å². The van der Waals surface area contributed by atoms with E-state index in [9.17, 15) is 15.0 Å². The number of carboxylic acids is 1. The van der Waals surface area contributed by atoms with Gasteiger partial charge in [0.1, 0.15) is 0 Å². The van der Waals surface area contributed by atoms with Gasteiger partial charge in [-0.3, -0.25) is 0 Å². The van der Waals surface area contributed by atoms with Crippen LogP contribution in [0.5, 0.6) is 0 Å². The van der Waals surface area contributed by atoms with Crippen LogP contribution in [0.2, 0.25) is 0 Å². The molecule has 0 bridgehead atoms. The van der Waals surface area contributed by atoms with Crippen LogP contribution in [-0.2, 0) is 20.7 Å². The van der Waals surface area contributed by atoms with Crippen molar-refractivity contribution in [3.63, 3.8) is 0 Å². The van der Waals surface area contributed by atoms with Gasteiger partial charge in [0.25, 0.3) is 0 Å². The van der Waals surface area contributed by atoms with Gasteiger partial charge < -0.3 is 19.7 Å². The molecule has 2 aromatic rings. The third kappa shape index (κ3) is 3.68. The number of hydrogen-bond donors (Lipinski definition) is 2. The Morgan fingerprint density at radius 2 is 1.97 bits per heavy atom. The Balaban J connectivity index is 1.80. The molecule has 3 atom stereocenters. The van der Waals surface area contributed by atoms with E-state index < -0.39 is 12.3 Å². The maximum absolute atomic E-state index is 11.7. The summed E-state index contributed by atoms with van der Waals surface area (Å²) in [7, 11) is 0. The molecule has 2 N–H and O–H groups in total. The largest absolute Gasteiger partial charge is 0.475 e. The summed E-state index contributed by atoms with van der Waals surface area (Å²) in [5.41, 5.74) is 6.10. The zero-order valence-corrected chi connectivity index (χ0v) is 16.5. The number of carbonyl (C=O) groups is 1. The second kappa shape index (κ2) is 8.39. The molecule has 1 heterocycles. The second-order valence-corrected chi connectivity index (χ2v) is 7.54. The minimum atomic E-state index is -1.09. The summed E-state index contributed by atoms with van der Waals surface area (Å²) in [6.07, 6.45) is 3.21. The Bertz CT molecular complexity index is 933. The first-order valence-electron chi connectivity index (χ1n) is 10.2. The van der Waals surface area contributed by atoms with Crippen LogP contribution in [0, 0.1) is 5.92 Å². The van der Waals surface area contributed by atoms with Crippen LogP contribution in [0.4, 0.5) is 0 Å². The molecule has 29 heavy (non-hydrogen) atoms. The maximum atomic E-state index is 11.7. The maximum Gasteiger partial charge on any atom is 0.370 e. The number of aliphatic carboxylic acids is 1. The number of fused-ring (bicyclic) bond motifs is 3. The van der Waals surface area contributed by atoms with Gasteiger partial charge in [0.05, 0.1) is 0 Å². The highest BCUT2D eigenvalue weighted by Crippen LogP contribution is 2.45. The zero-order chi connectivity index (χ0) is 20.4. The Hall–Kier alpha value is -2.63. The van der Waals surface area contributed by atoms with Crippen molar-refractivity contribution in [1.29, 1.82) is 0 Å². The number of aliphatic hydroxyl groups is 1. The molecule has 4 rings (SSSR count). The van der Waals surface area contributed by atoms with Gasteiger partial charge >= 0.3 is 5.97 Å². The summed E-state index contributed by atoms with van der Waals surface area (Å²) in [5.74, 6) is -1.37. The predicted molar refractivity (Wildman–Crippen MR) is 109 cm³/mol. The van der Waals surface area contributed by atoms with Gasteiger partial charge in [0.2, 0.25) is 12.0 Å². The molecule has 0 fully saturated rings. The van der Waals surface area contributed by atoms with Crippen LogP contribution >= 0.6 is 0 Å². The standard InChI is InChI=1S/C24H26O5/c1-2-28-24-19(11-6-12-25)21(14-22(29-24)23(26)27)18-10-5-9-17-16-8-4-3-7-15(16)13-20(17)18/h3-5,7-10,14,19,21,24-25H,2,6,11-13H2,1H3,(H,26,27). The second-order valence-electron chi connectivity index (χ2n) is 7.54. The van der Waals surface area contributed by atoms with Gasteiger partial charge in [0.15, 0.2) is 0 Å². The average Bonchev–Trinajstić information content (AvgIpc) is 3.11. The molecule has 0 saturated heterocycles. The molecule has 2 aromatic carbocycles. The molecule has 0 saturated carbocycles. The topological polar surface area (TPSA) is 76.0 Å². The van der Waals surface area contributed by atoms with E-state index in [2.05, 4.69) is 30.3 Å². The molecule has 0 spiro atoms. The van der Waals surface area contributed by atoms with E-state index in [1.54, 1.807) is 6.08 Å². The van der Waals surface area contributed by atoms with Crippen LogP contribution in [0.25, 0.3) is 11.1 Å². The van der Waals surface area contributed by atoms with Crippen molar-refractivity contribution in [2.24, 2.45) is 5.92 Å². The molecule has 5 heteroatoms. The Kier molecular flexibility index (Phi) is 5.69. The SMILES string of the molecule is CCOC1OC(C(=O)O)=CC(c2cccc3c2Cc2ccccc2-3)C1CCCO. The summed E-state index contributed by atoms with van der Waals surface area (Å²) >= 11 is 0. The average molecular weight is 394 g/mol. The summed E-state index contributed by atoms with van der Waals surface area (Å²) in [6.45, 7) is 2.38. The smallest absolute Gasteiger partial charge is 0.370 e. The highest BCUT2D eigenvalue weighted by atomic mass is 16.7. The van der Waals surface area contributed by atoms with E-state index in [-0.39, 0.29) is 24.2 Å². The lowest BCUT2D eigenvalue weighted by molar-refractivity contribution is -0.173. The van der Waals surface area contributed by atoms with Crippen molar-refractivity contribution >= 4 is 5.97 Å². The van der Waals surface area contributed by atoms with E-state index in [4.69, 9.17) is 9.47 Å². The zero-order valence-electron chi connectivity index (χ0n) is 16.5. The molecule has 5 nitrogen and oxygen atoms in total. The number of rotatable bonds is 7. The predicted octanol–water partition coefficient (Wildman–Crippen LogP) is 4.09. The molecular formula is C24H26O5. The van der Waals surface area contributed by atoms with Gasteiger partial charge in [-0.15, -0.1) is 0 Å². The van der Waals surface area contributed by atoms with Gasteiger partial charge in [-0.25, -0.2) is 4.79 Å². The van der Waals surface area contributed by atoms with Crippen molar-refractivity contribution in [1.82, 2.24) is 0 Å². The van der Waals surface area contributed by atoms with Gasteiger partial charge in [-0.1, -0.05) is 42.5 Å². The number of hydrogen-bond acceptors (Lipinski definition) is 4. The highest BCUT2D eigenvalue weighted by Gasteiger charge is 2.39. The quantitative estimate of drug-likeness (QED) is 0.631. The summed E-state index contributed by atoms with van der Waals surface area (Å²) < 4.78 is 11.5. The van der Waals surface area contributed by atoms with E-state index in [0.717, 1.165) is 12.0 Å². The molecule has 152 valence electrons. The summed E-state index contributed by atoms with van der Waals surface area (Å²) in [6, 6.07) is 14.6. The van der Waals surface area contributed by atoms with Crippen molar-refractivity contribution in [3.8, 4) is 11.1 Å². The van der Waals surface area contributed by atoms with Crippen LogP contribution in [0.1, 0.15) is 42.4 Å². The van der Waals surface area contributed by atoms with Crippen molar-refractivity contribution in [2.45, 2.75) is 38.4 Å². The van der Waals surface area contributed by atoms with E-state index in [1.165, 1.54) is 22.3 Å². The molecule has 1 aliphatic carbocycles. The third-order valence-electron chi connectivity index (χ3n) is 5.87.